The number of hydrogen-bond donors (Lipinski definition) is 1. The van der Waals surface area contributed by atoms with E-state index in [1.165, 1.54) is 35.3 Å². The van der Waals surface area contributed by atoms with Crippen molar-refractivity contribution in [3.05, 3.63) is 48.7 Å². The molecule has 110 valence electrons. The van der Waals surface area contributed by atoms with E-state index in [9.17, 15) is 14.4 Å². The molecule has 2 aromatic rings. The van der Waals surface area contributed by atoms with Crippen LogP contribution in [0.4, 0.5) is 0 Å². The molecule has 0 bridgehead atoms. The van der Waals surface area contributed by atoms with Gasteiger partial charge in [0.05, 0.1) is 11.8 Å². The second kappa shape index (κ2) is 5.88. The van der Waals surface area contributed by atoms with Gasteiger partial charge in [0.25, 0.3) is 11.5 Å². The standard InChI is InChI=1S/C13H14N4O3S/c1-14-11(18)9-6-15-10(21-9)5-4-8-7-16(2)13(20)17(3)12(8)19/h4-7H,1-3H3,(H,14,18)/b5-4-. The molecule has 0 aliphatic heterocycles. The molecule has 1 amide bonds. The third-order valence-corrected chi connectivity index (χ3v) is 3.81. The van der Waals surface area contributed by atoms with E-state index in [4.69, 9.17) is 0 Å². The number of hydrogen-bond acceptors (Lipinski definition) is 5. The van der Waals surface area contributed by atoms with Gasteiger partial charge < -0.3 is 9.88 Å². The molecule has 0 spiro atoms. The summed E-state index contributed by atoms with van der Waals surface area (Å²) in [4.78, 5) is 39.5. The number of thiazole rings is 1. The Balaban J connectivity index is 2.34. The topological polar surface area (TPSA) is 86.0 Å². The van der Waals surface area contributed by atoms with E-state index >= 15 is 0 Å². The smallest absolute Gasteiger partial charge is 0.330 e. The van der Waals surface area contributed by atoms with Crippen LogP contribution in [0.15, 0.2) is 22.0 Å². The molecule has 1 N–H and O–H groups in total. The minimum Gasteiger partial charge on any atom is -0.354 e. The van der Waals surface area contributed by atoms with Crippen molar-refractivity contribution in [1.82, 2.24) is 19.4 Å². The summed E-state index contributed by atoms with van der Waals surface area (Å²) in [7, 11) is 4.55. The second-order valence-corrected chi connectivity index (χ2v) is 5.38. The molecule has 2 rings (SSSR count). The van der Waals surface area contributed by atoms with E-state index in [1.807, 2.05) is 0 Å². The number of aryl methyl sites for hydroxylation is 1. The third-order valence-electron chi connectivity index (χ3n) is 2.85. The molecule has 8 heteroatoms. The summed E-state index contributed by atoms with van der Waals surface area (Å²) in [6.07, 6.45) is 6.16. The highest BCUT2D eigenvalue weighted by atomic mass is 32.1. The molecule has 0 aromatic carbocycles. The monoisotopic (exact) mass is 306 g/mol. The average Bonchev–Trinajstić information content (AvgIpc) is 2.95. The molecule has 0 aliphatic rings. The van der Waals surface area contributed by atoms with Crippen LogP contribution in [0.5, 0.6) is 0 Å². The van der Waals surface area contributed by atoms with Crippen molar-refractivity contribution in [2.75, 3.05) is 7.05 Å². The Morgan fingerprint density at radius 3 is 2.71 bits per heavy atom. The van der Waals surface area contributed by atoms with Crippen molar-refractivity contribution in [3.8, 4) is 0 Å². The lowest BCUT2D eigenvalue weighted by Crippen LogP contribution is -2.37. The van der Waals surface area contributed by atoms with Crippen LogP contribution < -0.4 is 16.6 Å². The van der Waals surface area contributed by atoms with Gasteiger partial charge in [-0.05, 0) is 12.2 Å². The molecular weight excluding hydrogens is 292 g/mol. The van der Waals surface area contributed by atoms with Gasteiger partial charge in [-0.2, -0.15) is 0 Å². The van der Waals surface area contributed by atoms with Crippen LogP contribution in [-0.4, -0.2) is 27.1 Å². The highest BCUT2D eigenvalue weighted by Crippen LogP contribution is 2.15. The Kier molecular flexibility index (Phi) is 4.18. The van der Waals surface area contributed by atoms with Crippen molar-refractivity contribution in [3.63, 3.8) is 0 Å². The van der Waals surface area contributed by atoms with E-state index in [2.05, 4.69) is 10.3 Å². The molecule has 0 saturated heterocycles. The predicted octanol–water partition coefficient (Wildman–Crippen LogP) is 0.0705. The first-order valence-electron chi connectivity index (χ1n) is 6.06. The molecule has 0 atom stereocenters. The molecule has 0 aliphatic carbocycles. The number of nitrogens with one attached hydrogen (secondary N) is 1. The molecule has 7 nitrogen and oxygen atoms in total. The fraction of sp³-hybridized carbons (Fsp3) is 0.231. The minimum absolute atomic E-state index is 0.204. The molecule has 0 radical (unpaired) electrons. The Morgan fingerprint density at radius 1 is 1.33 bits per heavy atom. The number of nitrogens with zero attached hydrogens (tertiary/aromatic N) is 3. The van der Waals surface area contributed by atoms with Gasteiger partial charge in [-0.25, -0.2) is 9.78 Å². The van der Waals surface area contributed by atoms with E-state index in [-0.39, 0.29) is 17.2 Å². The summed E-state index contributed by atoms with van der Waals surface area (Å²) in [6.45, 7) is 0. The van der Waals surface area contributed by atoms with Crippen LogP contribution in [0.1, 0.15) is 20.2 Å². The molecule has 0 fully saturated rings. The highest BCUT2D eigenvalue weighted by Gasteiger charge is 2.07. The summed E-state index contributed by atoms with van der Waals surface area (Å²) in [5.74, 6) is -0.204. The summed E-state index contributed by atoms with van der Waals surface area (Å²) >= 11 is 1.21. The molecule has 0 unspecified atom stereocenters. The van der Waals surface area contributed by atoms with Gasteiger partial charge >= 0.3 is 5.69 Å². The number of carbonyl (C=O) groups is 1. The zero-order valence-corrected chi connectivity index (χ0v) is 12.6. The fourth-order valence-corrected chi connectivity index (χ4v) is 2.47. The van der Waals surface area contributed by atoms with Gasteiger partial charge in [-0.1, -0.05) is 0 Å². The largest absolute Gasteiger partial charge is 0.354 e. The maximum absolute atomic E-state index is 11.9. The Labute approximate surface area is 124 Å². The van der Waals surface area contributed by atoms with Crippen molar-refractivity contribution < 1.29 is 4.79 Å². The molecule has 2 heterocycles. The summed E-state index contributed by atoms with van der Waals surface area (Å²) in [6, 6.07) is 0. The van der Waals surface area contributed by atoms with Crippen LogP contribution >= 0.6 is 11.3 Å². The molecular formula is C13H14N4O3S. The summed E-state index contributed by atoms with van der Waals surface area (Å²) < 4.78 is 2.37. The van der Waals surface area contributed by atoms with Crippen LogP contribution in [-0.2, 0) is 14.1 Å². The van der Waals surface area contributed by atoms with Gasteiger partial charge in [-0.15, -0.1) is 11.3 Å². The van der Waals surface area contributed by atoms with Crippen molar-refractivity contribution in [2.45, 2.75) is 0 Å². The van der Waals surface area contributed by atoms with Crippen LogP contribution in [0.3, 0.4) is 0 Å². The predicted molar refractivity (Wildman–Crippen MR) is 81.4 cm³/mol. The first kappa shape index (κ1) is 14.9. The fourth-order valence-electron chi connectivity index (χ4n) is 1.70. The maximum Gasteiger partial charge on any atom is 0.330 e. The first-order chi connectivity index (χ1) is 9.93. The Bertz CT molecular complexity index is 829. The lowest BCUT2D eigenvalue weighted by Gasteiger charge is -2.02. The summed E-state index contributed by atoms with van der Waals surface area (Å²) in [5, 5.41) is 3.12. The third kappa shape index (κ3) is 3.00. The van der Waals surface area contributed by atoms with Crippen LogP contribution in [0, 0.1) is 0 Å². The minimum atomic E-state index is -0.381. The van der Waals surface area contributed by atoms with E-state index in [0.29, 0.717) is 15.4 Å². The highest BCUT2D eigenvalue weighted by molar-refractivity contribution is 7.14. The van der Waals surface area contributed by atoms with Gasteiger partial charge in [0.1, 0.15) is 9.88 Å². The number of aromatic nitrogens is 3. The number of amides is 1. The van der Waals surface area contributed by atoms with E-state index in [1.54, 1.807) is 26.2 Å². The normalized spacial score (nSPS) is 11.0. The quantitative estimate of drug-likeness (QED) is 0.869. The number of rotatable bonds is 3. The van der Waals surface area contributed by atoms with Crippen LogP contribution in [0.25, 0.3) is 12.2 Å². The van der Waals surface area contributed by atoms with Gasteiger partial charge in [0.15, 0.2) is 0 Å². The summed E-state index contributed by atoms with van der Waals surface area (Å²) in [5.41, 5.74) is -0.387. The second-order valence-electron chi connectivity index (χ2n) is 4.32. The molecule has 21 heavy (non-hydrogen) atoms. The average molecular weight is 306 g/mol. The van der Waals surface area contributed by atoms with E-state index in [0.717, 1.165) is 4.57 Å². The van der Waals surface area contributed by atoms with Gasteiger partial charge in [0, 0.05) is 27.3 Å². The van der Waals surface area contributed by atoms with Gasteiger partial charge in [-0.3, -0.25) is 14.2 Å². The van der Waals surface area contributed by atoms with E-state index < -0.39 is 0 Å². The Hall–Kier alpha value is -2.48. The van der Waals surface area contributed by atoms with Gasteiger partial charge in [0.2, 0.25) is 0 Å². The zero-order chi connectivity index (χ0) is 15.6. The number of carbonyl (C=O) groups excluding carboxylic acids is 1. The molecule has 0 saturated carbocycles. The first-order valence-corrected chi connectivity index (χ1v) is 6.88. The maximum atomic E-state index is 11.9. The van der Waals surface area contributed by atoms with Crippen LogP contribution in [0.2, 0.25) is 0 Å². The zero-order valence-electron chi connectivity index (χ0n) is 11.8. The Morgan fingerprint density at radius 2 is 2.05 bits per heavy atom. The SMILES string of the molecule is CNC(=O)c1cnc(/C=C\c2cn(C)c(=O)n(C)c2=O)s1. The van der Waals surface area contributed by atoms with Crippen molar-refractivity contribution >= 4 is 29.4 Å². The lowest BCUT2D eigenvalue weighted by molar-refractivity contribution is 0.0967. The molecule has 2 aromatic heterocycles. The van der Waals surface area contributed by atoms with Crippen molar-refractivity contribution in [1.29, 1.82) is 0 Å². The lowest BCUT2D eigenvalue weighted by atomic mass is 10.3. The van der Waals surface area contributed by atoms with Crippen molar-refractivity contribution in [2.24, 2.45) is 14.1 Å².